The number of benzene rings is 3. The molecule has 1 N–H and O–H groups in total. The third kappa shape index (κ3) is 6.20. The molecule has 0 aliphatic heterocycles. The molecule has 42 heavy (non-hydrogen) atoms. The fourth-order valence-corrected chi connectivity index (χ4v) is 4.67. The summed E-state index contributed by atoms with van der Waals surface area (Å²) in [6.45, 7) is -0.584. The molecule has 0 saturated heterocycles. The van der Waals surface area contributed by atoms with E-state index in [1.165, 1.54) is 24.4 Å². The first-order chi connectivity index (χ1) is 19.4. The molecule has 4 rings (SSSR count). The van der Waals surface area contributed by atoms with Crippen molar-refractivity contribution in [3.05, 3.63) is 106 Å². The molecule has 14 heteroatoms. The van der Waals surface area contributed by atoms with E-state index >= 15 is 0 Å². The zero-order valence-corrected chi connectivity index (χ0v) is 21.8. The molecule has 3 aromatic carbocycles. The molecule has 0 fully saturated rings. The van der Waals surface area contributed by atoms with Crippen molar-refractivity contribution in [1.29, 1.82) is 0 Å². The second-order valence-corrected chi connectivity index (χ2v) is 9.86. The van der Waals surface area contributed by atoms with Crippen molar-refractivity contribution in [2.24, 2.45) is 0 Å². The molecule has 1 amide bonds. The number of rotatable bonds is 7. The summed E-state index contributed by atoms with van der Waals surface area (Å²) in [6.07, 6.45) is -15.8. The van der Waals surface area contributed by atoms with Crippen molar-refractivity contribution in [2.45, 2.75) is 37.2 Å². The van der Waals surface area contributed by atoms with E-state index in [-0.39, 0.29) is 41.2 Å². The summed E-state index contributed by atoms with van der Waals surface area (Å²) in [7, 11) is 0. The molecule has 0 aliphatic carbocycles. The van der Waals surface area contributed by atoms with Gasteiger partial charge in [-0.15, -0.1) is 0 Å². The Hall–Kier alpha value is -3.74. The van der Waals surface area contributed by atoms with Gasteiger partial charge in [0.15, 0.2) is 0 Å². The number of aromatic amines is 1. The summed E-state index contributed by atoms with van der Waals surface area (Å²) in [4.78, 5) is 17.7. The van der Waals surface area contributed by atoms with Gasteiger partial charge in [0.2, 0.25) is 0 Å². The Morgan fingerprint density at radius 3 is 2.00 bits per heavy atom. The predicted octanol–water partition coefficient (Wildman–Crippen LogP) is 9.01. The summed E-state index contributed by atoms with van der Waals surface area (Å²) >= 11 is 6.15. The highest BCUT2D eigenvalue weighted by Crippen LogP contribution is 2.53. The molecule has 0 radical (unpaired) electrons. The number of H-pyrrole nitrogens is 1. The quantitative estimate of drug-likeness (QED) is 0.205. The molecule has 0 saturated carbocycles. The minimum Gasteiger partial charge on any atom is -0.361 e. The minimum absolute atomic E-state index is 0.0348. The second-order valence-electron chi connectivity index (χ2n) is 9.42. The topological polar surface area (TPSA) is 36.1 Å². The van der Waals surface area contributed by atoms with Gasteiger partial charge < -0.3 is 9.88 Å². The van der Waals surface area contributed by atoms with Gasteiger partial charge in [-0.3, -0.25) is 4.79 Å². The Bertz CT molecular complexity index is 1560. The third-order valence-corrected chi connectivity index (χ3v) is 6.79. The van der Waals surface area contributed by atoms with Gasteiger partial charge >= 0.3 is 24.2 Å². The summed E-state index contributed by atoms with van der Waals surface area (Å²) in [5, 5.41) is 0.748. The van der Waals surface area contributed by atoms with Crippen LogP contribution in [0.25, 0.3) is 10.9 Å². The van der Waals surface area contributed by atoms with Gasteiger partial charge in [-0.25, -0.2) is 4.39 Å². The van der Waals surface area contributed by atoms with Gasteiger partial charge in [-0.1, -0.05) is 54.1 Å². The van der Waals surface area contributed by atoms with Crippen molar-refractivity contribution in [1.82, 2.24) is 9.88 Å². The van der Waals surface area contributed by atoms with Crippen LogP contribution in [0.4, 0.5) is 43.9 Å². The highest BCUT2D eigenvalue weighted by molar-refractivity contribution is 6.32. The molecule has 0 spiro atoms. The largest absolute Gasteiger partial charge is 0.435 e. The number of fused-ring (bicyclic) bond motifs is 1. The van der Waals surface area contributed by atoms with Gasteiger partial charge in [0.25, 0.3) is 5.91 Å². The fraction of sp³-hybridized carbons (Fsp3) is 0.250. The highest BCUT2D eigenvalue weighted by atomic mass is 35.5. The number of carbonyl (C=O) groups excluding carboxylic acids is 1. The van der Waals surface area contributed by atoms with E-state index in [4.69, 9.17) is 11.6 Å². The maximum Gasteiger partial charge on any atom is 0.435 e. The molecule has 1 heterocycles. The maximum atomic E-state index is 14.5. The summed E-state index contributed by atoms with van der Waals surface area (Å²) in [5.74, 6) is -0.675. The van der Waals surface area contributed by atoms with Crippen LogP contribution >= 0.6 is 11.6 Å². The lowest BCUT2D eigenvalue weighted by molar-refractivity contribution is -0.348. The first-order valence-corrected chi connectivity index (χ1v) is 12.4. The van der Waals surface area contributed by atoms with Crippen molar-refractivity contribution in [2.75, 3.05) is 6.54 Å². The monoisotopic (exact) mass is 624 g/mol. The van der Waals surface area contributed by atoms with Crippen LogP contribution in [-0.4, -0.2) is 34.7 Å². The number of hydrogen-bond acceptors (Lipinski definition) is 1. The number of carbonyl (C=O) groups is 1. The zero-order chi connectivity index (χ0) is 31.1. The van der Waals surface area contributed by atoms with E-state index in [0.717, 1.165) is 29.2 Å². The van der Waals surface area contributed by atoms with E-state index in [1.54, 1.807) is 12.1 Å². The standard InChI is InChI=1S/C28H19ClF10N2O/c29-21-13-18-8-10-40-23(18)22(14-21)24(42)41(11-9-16-2-1-3-20(12-16)26(31,32)33)15-17-4-6-19(7-5-17)25(30,27(34,35)36)28(37,38)39/h1-8,10,12-14,40H,9,11,15H2. The molecule has 3 nitrogen and oxygen atoms in total. The Kier molecular flexibility index (Phi) is 8.29. The van der Waals surface area contributed by atoms with Gasteiger partial charge in [0, 0.05) is 35.3 Å². The lowest BCUT2D eigenvalue weighted by Gasteiger charge is -2.30. The van der Waals surface area contributed by atoms with E-state index in [2.05, 4.69) is 4.98 Å². The molecule has 0 bridgehead atoms. The summed E-state index contributed by atoms with van der Waals surface area (Å²) in [5.41, 5.74) is -7.55. The molecule has 0 unspecified atom stereocenters. The van der Waals surface area contributed by atoms with E-state index in [0.29, 0.717) is 23.0 Å². The molecule has 0 aliphatic rings. The van der Waals surface area contributed by atoms with E-state index in [9.17, 15) is 48.7 Å². The molecule has 4 aromatic rings. The van der Waals surface area contributed by atoms with Gasteiger partial charge in [0.05, 0.1) is 16.6 Å². The van der Waals surface area contributed by atoms with Gasteiger partial charge in [-0.2, -0.15) is 39.5 Å². The number of nitrogens with one attached hydrogen (secondary N) is 1. The van der Waals surface area contributed by atoms with Gasteiger partial charge in [0.1, 0.15) is 0 Å². The fourth-order valence-electron chi connectivity index (χ4n) is 4.44. The Labute approximate surface area is 236 Å². The molecule has 1 aromatic heterocycles. The van der Waals surface area contributed by atoms with E-state index < -0.39 is 41.2 Å². The van der Waals surface area contributed by atoms with Crippen LogP contribution in [0.3, 0.4) is 0 Å². The Morgan fingerprint density at radius 1 is 0.762 bits per heavy atom. The van der Waals surface area contributed by atoms with Crippen LogP contribution in [0.15, 0.2) is 72.9 Å². The molecule has 0 atom stereocenters. The maximum absolute atomic E-state index is 14.5. The molecule has 224 valence electrons. The number of aromatic nitrogens is 1. The van der Waals surface area contributed by atoms with Crippen LogP contribution < -0.4 is 0 Å². The predicted molar refractivity (Wildman–Crippen MR) is 135 cm³/mol. The Morgan fingerprint density at radius 2 is 1.40 bits per heavy atom. The first kappa shape index (κ1) is 31.2. The minimum atomic E-state index is -6.30. The van der Waals surface area contributed by atoms with E-state index in [1.807, 2.05) is 0 Å². The van der Waals surface area contributed by atoms with Crippen LogP contribution in [0.1, 0.15) is 32.6 Å². The van der Waals surface area contributed by atoms with Crippen LogP contribution in [0.5, 0.6) is 0 Å². The van der Waals surface area contributed by atoms with Gasteiger partial charge in [-0.05, 0) is 41.8 Å². The highest BCUT2D eigenvalue weighted by Gasteiger charge is 2.73. The molecular weight excluding hydrogens is 606 g/mol. The number of amides is 1. The third-order valence-electron chi connectivity index (χ3n) is 6.57. The second kappa shape index (κ2) is 11.2. The SMILES string of the molecule is O=C(c1cc(Cl)cc2cc[nH]c12)N(CCc1cccc(C(F)(F)F)c1)Cc1ccc(C(F)(C(F)(F)F)C(F)(F)F)cc1. The smallest absolute Gasteiger partial charge is 0.361 e. The number of halogens is 11. The number of hydrogen-bond donors (Lipinski definition) is 1. The van der Waals surface area contributed by atoms with Crippen molar-refractivity contribution >= 4 is 28.4 Å². The zero-order valence-electron chi connectivity index (χ0n) is 21.1. The average Bonchev–Trinajstić information content (AvgIpc) is 3.37. The molecular formula is C28H19ClF10N2O. The lowest BCUT2D eigenvalue weighted by atomic mass is 9.93. The first-order valence-electron chi connectivity index (χ1n) is 12.1. The van der Waals surface area contributed by atoms with Crippen LogP contribution in [0, 0.1) is 0 Å². The summed E-state index contributed by atoms with van der Waals surface area (Å²) in [6, 6.07) is 11.2. The van der Waals surface area contributed by atoms with Crippen molar-refractivity contribution in [3.8, 4) is 0 Å². The number of nitrogens with zero attached hydrogens (tertiary/aromatic N) is 1. The average molecular weight is 625 g/mol. The lowest BCUT2D eigenvalue weighted by Crippen LogP contribution is -2.50. The van der Waals surface area contributed by atoms with Crippen LogP contribution in [-0.2, 0) is 24.8 Å². The summed E-state index contributed by atoms with van der Waals surface area (Å²) < 4.78 is 133. The van der Waals surface area contributed by atoms with Crippen molar-refractivity contribution in [3.63, 3.8) is 0 Å². The van der Waals surface area contributed by atoms with Crippen molar-refractivity contribution < 1.29 is 48.7 Å². The number of alkyl halides is 10. The Balaban J connectivity index is 1.68. The van der Waals surface area contributed by atoms with Crippen LogP contribution in [0.2, 0.25) is 5.02 Å². The normalized spacial score (nSPS) is 13.0.